The smallest absolute Gasteiger partial charge is 0.258 e. The molecule has 0 unspecified atom stereocenters. The van der Waals surface area contributed by atoms with E-state index < -0.39 is 23.4 Å². The molecule has 0 spiro atoms. The first kappa shape index (κ1) is 24.7. The third-order valence-electron chi connectivity index (χ3n) is 5.81. The van der Waals surface area contributed by atoms with Gasteiger partial charge in [0.05, 0.1) is 11.1 Å². The first-order valence-corrected chi connectivity index (χ1v) is 11.6. The lowest BCUT2D eigenvalue weighted by molar-refractivity contribution is 0.0976. The van der Waals surface area contributed by atoms with Crippen molar-refractivity contribution in [1.82, 2.24) is 15.3 Å². The number of nitrogens with one attached hydrogen (secondary N) is 2. The number of carbonyl (C=O) groups excluding carboxylic acids is 1. The third-order valence-corrected chi connectivity index (χ3v) is 6.10. The summed E-state index contributed by atoms with van der Waals surface area (Å²) in [4.78, 5) is 26.0. The van der Waals surface area contributed by atoms with E-state index in [1.54, 1.807) is 18.5 Å². The molecule has 3 aromatic rings. The summed E-state index contributed by atoms with van der Waals surface area (Å²) in [5.41, 5.74) is 0.345. The molecule has 1 fully saturated rings. The molecule has 0 radical (unpaired) electrons. The maximum atomic E-state index is 13.6. The fraction of sp³-hybridized carbons (Fsp3) is 0.280. The molecule has 182 valence electrons. The SMILES string of the molecule is O=C(NC(=NC1CCC(Cc2ncccn2)CC1)Nc1ccc(F)c(Cl)c1)c1ccc(F)c(F)c1. The Morgan fingerprint density at radius 1 is 0.971 bits per heavy atom. The summed E-state index contributed by atoms with van der Waals surface area (Å²) in [6.07, 6.45) is 7.66. The maximum Gasteiger partial charge on any atom is 0.258 e. The molecule has 6 nitrogen and oxygen atoms in total. The Kier molecular flexibility index (Phi) is 7.97. The third kappa shape index (κ3) is 6.79. The number of amides is 1. The van der Waals surface area contributed by atoms with E-state index in [9.17, 15) is 18.0 Å². The van der Waals surface area contributed by atoms with Crippen LogP contribution in [0.25, 0.3) is 0 Å². The van der Waals surface area contributed by atoms with Gasteiger partial charge in [0.1, 0.15) is 11.6 Å². The highest BCUT2D eigenvalue weighted by molar-refractivity contribution is 6.31. The predicted octanol–water partition coefficient (Wildman–Crippen LogP) is 5.55. The van der Waals surface area contributed by atoms with Gasteiger partial charge in [-0.15, -0.1) is 0 Å². The van der Waals surface area contributed by atoms with E-state index >= 15 is 0 Å². The van der Waals surface area contributed by atoms with Crippen molar-refractivity contribution in [3.05, 3.63) is 88.7 Å². The van der Waals surface area contributed by atoms with Crippen LogP contribution in [0, 0.1) is 23.4 Å². The number of guanidine groups is 1. The normalized spacial score (nSPS) is 18.2. The summed E-state index contributed by atoms with van der Waals surface area (Å²) in [6, 6.07) is 8.59. The fourth-order valence-corrected chi connectivity index (χ4v) is 4.16. The second-order valence-electron chi connectivity index (χ2n) is 8.36. The Bertz CT molecular complexity index is 1220. The Morgan fingerprint density at radius 3 is 2.37 bits per heavy atom. The minimum Gasteiger partial charge on any atom is -0.326 e. The van der Waals surface area contributed by atoms with Gasteiger partial charge in [-0.05, 0) is 74.1 Å². The van der Waals surface area contributed by atoms with Crippen molar-refractivity contribution >= 4 is 29.2 Å². The zero-order valence-corrected chi connectivity index (χ0v) is 19.4. The second kappa shape index (κ2) is 11.3. The van der Waals surface area contributed by atoms with Crippen molar-refractivity contribution in [2.24, 2.45) is 10.9 Å². The van der Waals surface area contributed by atoms with E-state index in [4.69, 9.17) is 11.6 Å². The number of nitrogens with zero attached hydrogens (tertiary/aromatic N) is 3. The molecule has 4 rings (SSSR count). The van der Waals surface area contributed by atoms with Gasteiger partial charge >= 0.3 is 0 Å². The van der Waals surface area contributed by atoms with E-state index in [0.29, 0.717) is 11.6 Å². The van der Waals surface area contributed by atoms with E-state index in [2.05, 4.69) is 25.6 Å². The van der Waals surface area contributed by atoms with Gasteiger partial charge in [-0.2, -0.15) is 0 Å². The van der Waals surface area contributed by atoms with Crippen molar-refractivity contribution in [2.75, 3.05) is 5.32 Å². The molecular weight excluding hydrogens is 479 g/mol. The van der Waals surface area contributed by atoms with E-state index in [1.165, 1.54) is 24.3 Å². The number of hydrogen-bond donors (Lipinski definition) is 2. The standard InChI is InChI=1S/C25H23ClF3N5O/c26-19-14-18(7-9-20(19)27)33-25(34-24(35)16-4-8-21(28)22(29)13-16)32-17-5-2-15(3-6-17)12-23-30-10-1-11-31-23/h1,4,7-11,13-15,17H,2-3,5-6,12H2,(H2,32,33,34,35). The molecule has 1 aliphatic rings. The molecule has 2 N–H and O–H groups in total. The number of benzene rings is 2. The number of anilines is 1. The monoisotopic (exact) mass is 501 g/mol. The topological polar surface area (TPSA) is 79.3 Å². The van der Waals surface area contributed by atoms with Gasteiger partial charge in [-0.1, -0.05) is 11.6 Å². The van der Waals surface area contributed by atoms with Crippen LogP contribution in [0.2, 0.25) is 5.02 Å². The van der Waals surface area contributed by atoms with Crippen molar-refractivity contribution < 1.29 is 18.0 Å². The maximum absolute atomic E-state index is 13.6. The van der Waals surface area contributed by atoms with Gasteiger partial charge < -0.3 is 5.32 Å². The van der Waals surface area contributed by atoms with Gasteiger partial charge in [0.15, 0.2) is 11.6 Å². The Hall–Kier alpha value is -3.46. The minimum atomic E-state index is -1.13. The summed E-state index contributed by atoms with van der Waals surface area (Å²) in [6.45, 7) is 0. The molecule has 35 heavy (non-hydrogen) atoms. The molecule has 0 bridgehead atoms. The summed E-state index contributed by atoms with van der Waals surface area (Å²) in [7, 11) is 0. The Morgan fingerprint density at radius 2 is 1.69 bits per heavy atom. The van der Waals surface area contributed by atoms with E-state index in [0.717, 1.165) is 50.1 Å². The largest absolute Gasteiger partial charge is 0.326 e. The van der Waals surface area contributed by atoms with Crippen LogP contribution in [0.4, 0.5) is 18.9 Å². The van der Waals surface area contributed by atoms with Crippen molar-refractivity contribution in [3.8, 4) is 0 Å². The lowest BCUT2D eigenvalue weighted by atomic mass is 9.84. The lowest BCUT2D eigenvalue weighted by Crippen LogP contribution is -2.37. The highest BCUT2D eigenvalue weighted by atomic mass is 35.5. The first-order valence-electron chi connectivity index (χ1n) is 11.2. The Labute approximate surface area is 205 Å². The van der Waals surface area contributed by atoms with Gasteiger partial charge in [0, 0.05) is 30.1 Å². The molecule has 1 aliphatic carbocycles. The summed E-state index contributed by atoms with van der Waals surface area (Å²) in [5.74, 6) is -2.07. The molecule has 0 atom stereocenters. The average molecular weight is 502 g/mol. The average Bonchev–Trinajstić information content (AvgIpc) is 2.85. The number of aromatic nitrogens is 2. The predicted molar refractivity (Wildman–Crippen MR) is 128 cm³/mol. The van der Waals surface area contributed by atoms with Crippen LogP contribution in [0.5, 0.6) is 0 Å². The zero-order valence-electron chi connectivity index (χ0n) is 18.6. The van der Waals surface area contributed by atoms with Crippen molar-refractivity contribution in [1.29, 1.82) is 0 Å². The van der Waals surface area contributed by atoms with Crippen LogP contribution in [0.3, 0.4) is 0 Å². The number of rotatable bonds is 5. The van der Waals surface area contributed by atoms with E-state index in [1.807, 2.05) is 0 Å². The number of hydrogen-bond acceptors (Lipinski definition) is 4. The zero-order chi connectivity index (χ0) is 24.8. The summed E-state index contributed by atoms with van der Waals surface area (Å²) < 4.78 is 40.4. The summed E-state index contributed by atoms with van der Waals surface area (Å²) in [5, 5.41) is 5.47. The van der Waals surface area contributed by atoms with Crippen LogP contribution >= 0.6 is 11.6 Å². The van der Waals surface area contributed by atoms with Crippen LogP contribution in [-0.4, -0.2) is 27.9 Å². The molecule has 0 aliphatic heterocycles. The Balaban J connectivity index is 1.47. The van der Waals surface area contributed by atoms with Crippen molar-refractivity contribution in [2.45, 2.75) is 38.1 Å². The molecule has 1 aromatic heterocycles. The lowest BCUT2D eigenvalue weighted by Gasteiger charge is -2.26. The second-order valence-corrected chi connectivity index (χ2v) is 8.77. The highest BCUT2D eigenvalue weighted by Crippen LogP contribution is 2.28. The molecule has 1 saturated carbocycles. The van der Waals surface area contributed by atoms with Crippen LogP contribution < -0.4 is 10.6 Å². The molecule has 1 heterocycles. The number of carbonyl (C=O) groups is 1. The number of aliphatic imine (C=N–C) groups is 1. The quantitative estimate of drug-likeness (QED) is 0.355. The molecule has 2 aromatic carbocycles. The van der Waals surface area contributed by atoms with Crippen LogP contribution in [-0.2, 0) is 6.42 Å². The molecular formula is C25H23ClF3N5O. The fourth-order valence-electron chi connectivity index (χ4n) is 3.98. The molecule has 0 saturated heterocycles. The number of halogens is 4. The highest BCUT2D eigenvalue weighted by Gasteiger charge is 2.23. The van der Waals surface area contributed by atoms with Crippen molar-refractivity contribution in [3.63, 3.8) is 0 Å². The van der Waals surface area contributed by atoms with Gasteiger partial charge in [0.25, 0.3) is 5.91 Å². The van der Waals surface area contributed by atoms with Crippen LogP contribution in [0.15, 0.2) is 59.9 Å². The van der Waals surface area contributed by atoms with Gasteiger partial charge in [0.2, 0.25) is 5.96 Å². The van der Waals surface area contributed by atoms with E-state index in [-0.39, 0.29) is 22.6 Å². The van der Waals surface area contributed by atoms with Crippen LogP contribution in [0.1, 0.15) is 41.9 Å². The first-order chi connectivity index (χ1) is 16.9. The minimum absolute atomic E-state index is 0.0675. The summed E-state index contributed by atoms with van der Waals surface area (Å²) >= 11 is 5.88. The van der Waals surface area contributed by atoms with Gasteiger partial charge in [-0.3, -0.25) is 10.1 Å². The molecule has 10 heteroatoms. The molecule has 1 amide bonds. The van der Waals surface area contributed by atoms with Gasteiger partial charge in [-0.25, -0.2) is 28.1 Å².